The molecule has 2 N–H and O–H groups in total. The molecule has 0 bridgehead atoms. The van der Waals surface area contributed by atoms with Crippen LogP contribution < -0.4 is 0 Å². The number of aliphatic hydroxyl groups excluding tert-OH is 2. The lowest BCUT2D eigenvalue weighted by Crippen LogP contribution is -2.54. The van der Waals surface area contributed by atoms with E-state index in [-0.39, 0.29) is 24.4 Å². The van der Waals surface area contributed by atoms with Crippen molar-refractivity contribution in [2.75, 3.05) is 6.61 Å². The average Bonchev–Trinajstić information content (AvgIpc) is 2.96. The number of aryl methyl sites for hydroxylation is 1. The molecule has 5 atom stereocenters. The molecule has 138 valence electrons. The van der Waals surface area contributed by atoms with Gasteiger partial charge in [0, 0.05) is 28.9 Å². The Morgan fingerprint density at radius 3 is 2.84 bits per heavy atom. The fourth-order valence-corrected chi connectivity index (χ4v) is 4.70. The molecule has 0 aliphatic heterocycles. The van der Waals surface area contributed by atoms with Crippen LogP contribution in [0, 0.1) is 24.2 Å². The first kappa shape index (κ1) is 18.2. The normalized spacial score (nSPS) is 35.0. The van der Waals surface area contributed by atoms with Gasteiger partial charge in [0.05, 0.1) is 19.0 Å². The van der Waals surface area contributed by atoms with Crippen molar-refractivity contribution < 1.29 is 24.2 Å². The van der Waals surface area contributed by atoms with Crippen LogP contribution in [-0.2, 0) is 16.0 Å². The molecule has 0 saturated heterocycles. The molecule has 2 aliphatic rings. The van der Waals surface area contributed by atoms with Crippen molar-refractivity contribution in [3.8, 4) is 0 Å². The van der Waals surface area contributed by atoms with Crippen LogP contribution >= 0.6 is 0 Å². The van der Waals surface area contributed by atoms with Gasteiger partial charge in [-0.05, 0) is 45.1 Å². The van der Waals surface area contributed by atoms with Crippen molar-refractivity contribution in [2.24, 2.45) is 17.3 Å². The zero-order valence-electron chi connectivity index (χ0n) is 15.4. The quantitative estimate of drug-likeness (QED) is 0.648. The van der Waals surface area contributed by atoms with Crippen LogP contribution in [-0.4, -0.2) is 28.9 Å². The Hall–Kier alpha value is -1.59. The van der Waals surface area contributed by atoms with Crippen LogP contribution in [0.3, 0.4) is 0 Å². The zero-order chi connectivity index (χ0) is 18.4. The Labute approximate surface area is 148 Å². The van der Waals surface area contributed by atoms with E-state index in [1.807, 2.05) is 13.8 Å². The maximum atomic E-state index is 12.2. The number of ether oxygens (including phenoxy) is 1. The van der Waals surface area contributed by atoms with Crippen LogP contribution in [0.1, 0.15) is 56.6 Å². The number of hydrogen-bond donors (Lipinski definition) is 2. The van der Waals surface area contributed by atoms with E-state index >= 15 is 0 Å². The van der Waals surface area contributed by atoms with Gasteiger partial charge < -0.3 is 19.4 Å². The minimum Gasteiger partial charge on any atom is -0.469 e. The van der Waals surface area contributed by atoms with E-state index < -0.39 is 17.6 Å². The van der Waals surface area contributed by atoms with Gasteiger partial charge >= 0.3 is 5.97 Å². The minimum atomic E-state index is -0.735. The molecule has 1 aromatic rings. The Kier molecular flexibility index (Phi) is 4.82. The standard InChI is InChI=1S/C20H28O5/c1-5-11(2)19(23)25-15-7-6-13-8-16-17(12(3)10-24-16)18(22)20(13,4)14(15)9-21/h5,10,13-15,18,21-22H,6-9H2,1-4H3/b11-5-/t13-,14+,15+,18-,20+/m1/s1. The van der Waals surface area contributed by atoms with Crippen molar-refractivity contribution in [2.45, 2.75) is 59.2 Å². The smallest absolute Gasteiger partial charge is 0.333 e. The molecule has 0 aromatic carbocycles. The Bertz CT molecular complexity index is 688. The van der Waals surface area contributed by atoms with Gasteiger partial charge in [-0.1, -0.05) is 13.0 Å². The second-order valence-electron chi connectivity index (χ2n) is 7.71. The van der Waals surface area contributed by atoms with Crippen LogP contribution in [0.15, 0.2) is 22.3 Å². The molecule has 0 spiro atoms. The van der Waals surface area contributed by atoms with Crippen molar-refractivity contribution in [3.05, 3.63) is 34.8 Å². The summed E-state index contributed by atoms with van der Waals surface area (Å²) in [7, 11) is 0. The van der Waals surface area contributed by atoms with E-state index in [1.165, 1.54) is 0 Å². The first-order valence-corrected chi connectivity index (χ1v) is 9.04. The molecule has 3 rings (SSSR count). The lowest BCUT2D eigenvalue weighted by Gasteiger charge is -2.54. The second-order valence-corrected chi connectivity index (χ2v) is 7.71. The Balaban J connectivity index is 1.93. The van der Waals surface area contributed by atoms with Crippen LogP contribution in [0.5, 0.6) is 0 Å². The number of furan rings is 1. The van der Waals surface area contributed by atoms with Gasteiger partial charge in [0.1, 0.15) is 11.9 Å². The molecule has 0 amide bonds. The second kappa shape index (κ2) is 6.61. The van der Waals surface area contributed by atoms with Crippen molar-refractivity contribution >= 4 is 5.97 Å². The number of aliphatic hydroxyl groups is 2. The third kappa shape index (κ3) is 2.74. The number of carbonyl (C=O) groups is 1. The number of hydrogen-bond acceptors (Lipinski definition) is 5. The number of fused-ring (bicyclic) bond motifs is 2. The zero-order valence-corrected chi connectivity index (χ0v) is 15.4. The van der Waals surface area contributed by atoms with Gasteiger partial charge in [0.25, 0.3) is 0 Å². The first-order valence-electron chi connectivity index (χ1n) is 9.04. The van der Waals surface area contributed by atoms with Gasteiger partial charge in [-0.2, -0.15) is 0 Å². The SMILES string of the molecule is C/C=C(/C)C(=O)O[C@H]1CC[C@@H]2Cc3occ(C)c3[C@@H](O)[C@]2(C)[C@H]1CO. The maximum absolute atomic E-state index is 12.2. The lowest BCUT2D eigenvalue weighted by molar-refractivity contribution is -0.177. The lowest BCUT2D eigenvalue weighted by atomic mass is 9.53. The highest BCUT2D eigenvalue weighted by atomic mass is 16.5. The average molecular weight is 348 g/mol. The van der Waals surface area contributed by atoms with Crippen molar-refractivity contribution in [1.82, 2.24) is 0 Å². The highest BCUT2D eigenvalue weighted by Crippen LogP contribution is 2.58. The molecule has 1 aromatic heterocycles. The van der Waals surface area contributed by atoms with E-state index in [2.05, 4.69) is 0 Å². The van der Waals surface area contributed by atoms with E-state index in [4.69, 9.17) is 9.15 Å². The van der Waals surface area contributed by atoms with Gasteiger partial charge in [0.2, 0.25) is 0 Å². The number of esters is 1. The van der Waals surface area contributed by atoms with Gasteiger partial charge in [0.15, 0.2) is 0 Å². The fraction of sp³-hybridized carbons (Fsp3) is 0.650. The summed E-state index contributed by atoms with van der Waals surface area (Å²) < 4.78 is 11.4. The molecule has 1 heterocycles. The maximum Gasteiger partial charge on any atom is 0.333 e. The Morgan fingerprint density at radius 1 is 1.48 bits per heavy atom. The summed E-state index contributed by atoms with van der Waals surface area (Å²) in [5.74, 6) is 0.385. The fourth-order valence-electron chi connectivity index (χ4n) is 4.70. The molecule has 5 nitrogen and oxygen atoms in total. The summed E-state index contributed by atoms with van der Waals surface area (Å²) in [5, 5.41) is 21.3. The van der Waals surface area contributed by atoms with Gasteiger partial charge in [-0.15, -0.1) is 0 Å². The molecule has 0 radical (unpaired) electrons. The number of allylic oxidation sites excluding steroid dienone is 1. The Morgan fingerprint density at radius 2 is 2.20 bits per heavy atom. The highest BCUT2D eigenvalue weighted by Gasteiger charge is 2.57. The van der Waals surface area contributed by atoms with E-state index in [0.717, 1.165) is 29.7 Å². The highest BCUT2D eigenvalue weighted by molar-refractivity contribution is 5.87. The summed E-state index contributed by atoms with van der Waals surface area (Å²) in [6, 6.07) is 0. The summed E-state index contributed by atoms with van der Waals surface area (Å²) >= 11 is 0. The molecular weight excluding hydrogens is 320 g/mol. The predicted molar refractivity (Wildman–Crippen MR) is 92.8 cm³/mol. The van der Waals surface area contributed by atoms with Crippen LogP contribution in [0.4, 0.5) is 0 Å². The van der Waals surface area contributed by atoms with E-state index in [9.17, 15) is 15.0 Å². The van der Waals surface area contributed by atoms with E-state index in [0.29, 0.717) is 12.0 Å². The minimum absolute atomic E-state index is 0.122. The molecule has 0 unspecified atom stereocenters. The molecule has 25 heavy (non-hydrogen) atoms. The third-order valence-electron chi connectivity index (χ3n) is 6.53. The monoisotopic (exact) mass is 348 g/mol. The van der Waals surface area contributed by atoms with Crippen molar-refractivity contribution in [1.29, 1.82) is 0 Å². The number of carbonyl (C=O) groups excluding carboxylic acids is 1. The van der Waals surface area contributed by atoms with Gasteiger partial charge in [-0.25, -0.2) is 4.79 Å². The molecule has 2 aliphatic carbocycles. The topological polar surface area (TPSA) is 79.9 Å². The number of rotatable bonds is 3. The van der Waals surface area contributed by atoms with Gasteiger partial charge in [-0.3, -0.25) is 0 Å². The summed E-state index contributed by atoms with van der Waals surface area (Å²) in [5.41, 5.74) is 1.78. The predicted octanol–water partition coefficient (Wildman–Crippen LogP) is 3.08. The largest absolute Gasteiger partial charge is 0.469 e. The molecule has 1 fully saturated rings. The molecule has 1 saturated carbocycles. The summed E-state index contributed by atoms with van der Waals surface area (Å²) in [6.07, 6.45) is 4.56. The third-order valence-corrected chi connectivity index (χ3v) is 6.53. The molecule has 5 heteroatoms. The van der Waals surface area contributed by atoms with Crippen LogP contribution in [0.2, 0.25) is 0 Å². The first-order chi connectivity index (χ1) is 11.8. The van der Waals surface area contributed by atoms with Crippen molar-refractivity contribution in [3.63, 3.8) is 0 Å². The van der Waals surface area contributed by atoms with E-state index in [1.54, 1.807) is 26.2 Å². The summed E-state index contributed by atoms with van der Waals surface area (Å²) in [6.45, 7) is 7.34. The molecular formula is C20H28O5. The van der Waals surface area contributed by atoms with Crippen LogP contribution in [0.25, 0.3) is 0 Å². The summed E-state index contributed by atoms with van der Waals surface area (Å²) in [4.78, 5) is 12.2.